The molecule has 0 spiro atoms. The number of carbonyl (C=O) groups is 1. The van der Waals surface area contributed by atoms with Crippen LogP contribution in [-0.2, 0) is 11.2 Å². The molecule has 1 fully saturated rings. The summed E-state index contributed by atoms with van der Waals surface area (Å²) in [4.78, 5) is 16.0. The molecule has 0 aliphatic heterocycles. The van der Waals surface area contributed by atoms with E-state index in [1.165, 1.54) is 19.3 Å². The van der Waals surface area contributed by atoms with Crippen LogP contribution in [0.5, 0.6) is 0 Å². The van der Waals surface area contributed by atoms with Crippen molar-refractivity contribution in [3.05, 3.63) is 53.8 Å². The molecule has 5 heteroatoms. The Morgan fingerprint density at radius 3 is 2.83 bits per heavy atom. The van der Waals surface area contributed by atoms with E-state index < -0.39 is 0 Å². The van der Waals surface area contributed by atoms with Gasteiger partial charge >= 0.3 is 0 Å². The van der Waals surface area contributed by atoms with Gasteiger partial charge in [0.25, 0.3) is 0 Å². The molecule has 0 bridgehead atoms. The second-order valence-corrected chi connectivity index (χ2v) is 6.40. The lowest BCUT2D eigenvalue weighted by molar-refractivity contribution is -0.119. The molecule has 1 aromatic rings. The summed E-state index contributed by atoms with van der Waals surface area (Å²) in [7, 11) is 0. The van der Waals surface area contributed by atoms with Gasteiger partial charge in [-0.05, 0) is 55.4 Å². The molecule has 0 saturated heterocycles. The largest absolute Gasteiger partial charge is 0.402 e. The summed E-state index contributed by atoms with van der Waals surface area (Å²) >= 11 is 0. The van der Waals surface area contributed by atoms with E-state index in [0.717, 1.165) is 18.0 Å². The third kappa shape index (κ3) is 6.14. The highest BCUT2D eigenvalue weighted by Gasteiger charge is 2.21. The number of carbonyl (C=O) groups excluding carboxylic acids is 1. The van der Waals surface area contributed by atoms with Gasteiger partial charge in [-0.15, -0.1) is 0 Å². The second-order valence-electron chi connectivity index (χ2n) is 6.40. The summed E-state index contributed by atoms with van der Waals surface area (Å²) < 4.78 is 0. The van der Waals surface area contributed by atoms with Gasteiger partial charge in [-0.2, -0.15) is 0 Å². The number of nitrogens with zero attached hydrogens (tertiary/aromatic N) is 1. The zero-order valence-electron chi connectivity index (χ0n) is 13.7. The van der Waals surface area contributed by atoms with Crippen LogP contribution in [-0.4, -0.2) is 10.9 Å². The first-order chi connectivity index (χ1) is 11.0. The van der Waals surface area contributed by atoms with Crippen LogP contribution in [0.15, 0.2) is 48.1 Å². The standard InChI is InChI=1S/C18H26N4O/c1-13-5-6-14(10-13)11-15(19)7-8-17(20)22-18(23)12-16-4-2-3-9-21-16/h2-4,7-9,13-14H,5-6,10-12,19-20H2,1H3,(H,22,23)/b15-7-,17-8+. The Hall–Kier alpha value is -2.30. The van der Waals surface area contributed by atoms with Crippen LogP contribution >= 0.6 is 0 Å². The fourth-order valence-electron chi connectivity index (χ4n) is 3.02. The average Bonchev–Trinajstić information content (AvgIpc) is 2.91. The second kappa shape index (κ2) is 8.36. The highest BCUT2D eigenvalue weighted by atomic mass is 16.1. The van der Waals surface area contributed by atoms with Crippen molar-refractivity contribution in [1.29, 1.82) is 0 Å². The van der Waals surface area contributed by atoms with Crippen LogP contribution in [0.25, 0.3) is 0 Å². The minimum Gasteiger partial charge on any atom is -0.402 e. The molecule has 1 saturated carbocycles. The lowest BCUT2D eigenvalue weighted by atomic mass is 10.0. The number of pyridine rings is 1. The maximum atomic E-state index is 11.9. The van der Waals surface area contributed by atoms with Gasteiger partial charge in [-0.25, -0.2) is 0 Å². The Morgan fingerprint density at radius 2 is 2.17 bits per heavy atom. The van der Waals surface area contributed by atoms with Crippen molar-refractivity contribution in [2.45, 2.75) is 39.0 Å². The Bertz CT molecular complexity index is 580. The average molecular weight is 314 g/mol. The molecule has 1 aliphatic carbocycles. The first kappa shape index (κ1) is 17.1. The van der Waals surface area contributed by atoms with Crippen LogP contribution in [0.4, 0.5) is 0 Å². The fourth-order valence-corrected chi connectivity index (χ4v) is 3.02. The number of amides is 1. The van der Waals surface area contributed by atoms with Crippen molar-refractivity contribution < 1.29 is 4.79 Å². The molecule has 1 heterocycles. The van der Waals surface area contributed by atoms with Crippen LogP contribution in [0.1, 0.15) is 38.3 Å². The Balaban J connectivity index is 1.79. The van der Waals surface area contributed by atoms with Crippen molar-refractivity contribution in [3.8, 4) is 0 Å². The molecule has 2 unspecified atom stereocenters. The van der Waals surface area contributed by atoms with E-state index in [4.69, 9.17) is 11.5 Å². The van der Waals surface area contributed by atoms with Gasteiger partial charge in [-0.3, -0.25) is 9.78 Å². The van der Waals surface area contributed by atoms with Crippen molar-refractivity contribution in [3.63, 3.8) is 0 Å². The molecule has 124 valence electrons. The zero-order valence-corrected chi connectivity index (χ0v) is 13.7. The minimum absolute atomic E-state index is 0.186. The molecule has 0 radical (unpaired) electrons. The highest BCUT2D eigenvalue weighted by molar-refractivity contribution is 5.79. The monoisotopic (exact) mass is 314 g/mol. The first-order valence-electron chi connectivity index (χ1n) is 8.14. The maximum Gasteiger partial charge on any atom is 0.231 e. The summed E-state index contributed by atoms with van der Waals surface area (Å²) in [5.41, 5.74) is 13.4. The SMILES string of the molecule is CC1CCC(C/C(N)=C/C=C(\N)NC(=O)Cc2ccccn2)C1. The van der Waals surface area contributed by atoms with Gasteiger partial charge in [0.2, 0.25) is 5.91 Å². The lowest BCUT2D eigenvalue weighted by Gasteiger charge is -2.09. The molecule has 5 nitrogen and oxygen atoms in total. The summed E-state index contributed by atoms with van der Waals surface area (Å²) in [6, 6.07) is 5.47. The number of hydrogen-bond acceptors (Lipinski definition) is 4. The maximum absolute atomic E-state index is 11.9. The Kier molecular flexibility index (Phi) is 6.20. The van der Waals surface area contributed by atoms with Crippen LogP contribution in [0.3, 0.4) is 0 Å². The minimum atomic E-state index is -0.186. The van der Waals surface area contributed by atoms with Gasteiger partial charge in [0.1, 0.15) is 5.82 Å². The highest BCUT2D eigenvalue weighted by Crippen LogP contribution is 2.33. The number of allylic oxidation sites excluding steroid dienone is 3. The van der Waals surface area contributed by atoms with Gasteiger partial charge in [0, 0.05) is 17.6 Å². The Labute approximate surface area is 137 Å². The fraction of sp³-hybridized carbons (Fsp3) is 0.444. The van der Waals surface area contributed by atoms with E-state index >= 15 is 0 Å². The molecule has 2 rings (SSSR count). The van der Waals surface area contributed by atoms with Gasteiger partial charge in [0.15, 0.2) is 0 Å². The molecular formula is C18H26N4O. The van der Waals surface area contributed by atoms with Crippen LogP contribution in [0, 0.1) is 11.8 Å². The van der Waals surface area contributed by atoms with Gasteiger partial charge in [0.05, 0.1) is 6.42 Å². The molecule has 5 N–H and O–H groups in total. The first-order valence-corrected chi connectivity index (χ1v) is 8.14. The number of nitrogens with one attached hydrogen (secondary N) is 1. The zero-order chi connectivity index (χ0) is 16.7. The summed E-state index contributed by atoms with van der Waals surface area (Å²) in [6.45, 7) is 2.29. The number of aromatic nitrogens is 1. The van der Waals surface area contributed by atoms with Crippen molar-refractivity contribution >= 4 is 5.91 Å². The summed E-state index contributed by atoms with van der Waals surface area (Å²) in [5.74, 6) is 1.59. The molecule has 2 atom stereocenters. The quantitative estimate of drug-likeness (QED) is 0.702. The summed E-state index contributed by atoms with van der Waals surface area (Å²) in [6.07, 6.45) is 9.99. The normalized spacial score (nSPS) is 22.1. The van der Waals surface area contributed by atoms with Crippen LogP contribution < -0.4 is 16.8 Å². The molecule has 23 heavy (non-hydrogen) atoms. The topological polar surface area (TPSA) is 94.0 Å². The molecule has 1 amide bonds. The number of rotatable bonds is 6. The predicted molar refractivity (Wildman–Crippen MR) is 91.7 cm³/mol. The van der Waals surface area contributed by atoms with E-state index in [9.17, 15) is 4.79 Å². The number of nitrogens with two attached hydrogens (primary N) is 2. The van der Waals surface area contributed by atoms with E-state index in [-0.39, 0.29) is 12.3 Å². The third-order valence-corrected chi connectivity index (χ3v) is 4.16. The Morgan fingerprint density at radius 1 is 1.35 bits per heavy atom. The smallest absolute Gasteiger partial charge is 0.231 e. The third-order valence-electron chi connectivity index (χ3n) is 4.16. The molecule has 1 aromatic heterocycles. The molecule has 0 aromatic carbocycles. The van der Waals surface area contributed by atoms with E-state index in [1.807, 2.05) is 12.1 Å². The molecular weight excluding hydrogens is 288 g/mol. The van der Waals surface area contributed by atoms with E-state index in [2.05, 4.69) is 17.2 Å². The van der Waals surface area contributed by atoms with E-state index in [1.54, 1.807) is 24.4 Å². The van der Waals surface area contributed by atoms with Crippen molar-refractivity contribution in [1.82, 2.24) is 10.3 Å². The molecule has 1 aliphatic rings. The van der Waals surface area contributed by atoms with Crippen LogP contribution in [0.2, 0.25) is 0 Å². The van der Waals surface area contributed by atoms with Crippen molar-refractivity contribution in [2.75, 3.05) is 0 Å². The summed E-state index contributed by atoms with van der Waals surface area (Å²) in [5, 5.41) is 2.64. The van der Waals surface area contributed by atoms with Gasteiger partial charge in [-0.1, -0.05) is 19.4 Å². The lowest BCUT2D eigenvalue weighted by Crippen LogP contribution is -2.28. The van der Waals surface area contributed by atoms with Gasteiger partial charge < -0.3 is 16.8 Å². The van der Waals surface area contributed by atoms with Crippen molar-refractivity contribution in [2.24, 2.45) is 23.3 Å². The van der Waals surface area contributed by atoms with E-state index in [0.29, 0.717) is 17.4 Å². The predicted octanol–water partition coefficient (Wildman–Crippen LogP) is 2.21. The number of hydrogen-bond donors (Lipinski definition) is 3.